The normalized spacial score (nSPS) is 25.4. The van der Waals surface area contributed by atoms with E-state index in [1.807, 2.05) is 6.92 Å². The molecule has 0 aromatic heterocycles. The predicted molar refractivity (Wildman–Crippen MR) is 74.8 cm³/mol. The minimum Gasteiger partial charge on any atom is -0.497 e. The van der Waals surface area contributed by atoms with Gasteiger partial charge in [0.1, 0.15) is 11.4 Å². The van der Waals surface area contributed by atoms with Crippen molar-refractivity contribution in [3.63, 3.8) is 0 Å². The molecule has 2 aliphatic rings. The standard InChI is InChI=1S/C15H18N2O3/c1-15-8-4-5-13(18)17(15)12-7-6-10(20-3)9-11(12)14(19)16(15)2/h6-7,9H,4-5,8H2,1-3H3. The third-order valence-corrected chi connectivity index (χ3v) is 4.47. The van der Waals surface area contributed by atoms with Gasteiger partial charge in [0, 0.05) is 13.5 Å². The molecule has 1 atom stereocenters. The van der Waals surface area contributed by atoms with Crippen LogP contribution in [0.25, 0.3) is 0 Å². The minimum absolute atomic E-state index is 0.0626. The number of nitrogens with zero attached hydrogens (tertiary/aromatic N) is 2. The topological polar surface area (TPSA) is 49.9 Å². The number of methoxy groups -OCH3 is 1. The number of carbonyl (C=O) groups is 2. The fraction of sp³-hybridized carbons (Fsp3) is 0.467. The molecule has 1 saturated heterocycles. The number of amides is 2. The molecule has 3 rings (SSSR count). The highest BCUT2D eigenvalue weighted by atomic mass is 16.5. The lowest BCUT2D eigenvalue weighted by molar-refractivity contribution is -0.123. The predicted octanol–water partition coefficient (Wildman–Crippen LogP) is 2.01. The van der Waals surface area contributed by atoms with Gasteiger partial charge in [-0.15, -0.1) is 0 Å². The molecule has 106 valence electrons. The fourth-order valence-corrected chi connectivity index (χ4v) is 3.19. The summed E-state index contributed by atoms with van der Waals surface area (Å²) in [4.78, 5) is 28.4. The molecule has 5 nitrogen and oxygen atoms in total. The average molecular weight is 274 g/mol. The van der Waals surface area contributed by atoms with Crippen LogP contribution in [0.2, 0.25) is 0 Å². The van der Waals surface area contributed by atoms with Crippen LogP contribution in [0.5, 0.6) is 5.75 Å². The molecule has 1 aromatic carbocycles. The molecule has 0 saturated carbocycles. The van der Waals surface area contributed by atoms with Crippen molar-refractivity contribution in [1.29, 1.82) is 0 Å². The number of benzene rings is 1. The van der Waals surface area contributed by atoms with E-state index in [-0.39, 0.29) is 11.8 Å². The van der Waals surface area contributed by atoms with Gasteiger partial charge < -0.3 is 9.64 Å². The second-order valence-electron chi connectivity index (χ2n) is 5.55. The van der Waals surface area contributed by atoms with Gasteiger partial charge in [-0.25, -0.2) is 0 Å². The first-order valence-corrected chi connectivity index (χ1v) is 6.78. The molecule has 2 aliphatic heterocycles. The van der Waals surface area contributed by atoms with E-state index in [1.54, 1.807) is 42.2 Å². The largest absolute Gasteiger partial charge is 0.497 e. The van der Waals surface area contributed by atoms with Crippen LogP contribution < -0.4 is 9.64 Å². The van der Waals surface area contributed by atoms with Crippen molar-refractivity contribution in [2.24, 2.45) is 0 Å². The average Bonchev–Trinajstić information content (AvgIpc) is 2.44. The Bertz CT molecular complexity index is 599. The molecule has 1 fully saturated rings. The van der Waals surface area contributed by atoms with Crippen LogP contribution in [0.15, 0.2) is 18.2 Å². The fourth-order valence-electron chi connectivity index (χ4n) is 3.19. The molecule has 1 aromatic rings. The molecule has 0 N–H and O–H groups in total. The highest BCUT2D eigenvalue weighted by molar-refractivity contribution is 6.09. The molecule has 0 radical (unpaired) electrons. The third kappa shape index (κ3) is 1.55. The summed E-state index contributed by atoms with van der Waals surface area (Å²) in [5, 5.41) is 0. The Morgan fingerprint density at radius 1 is 1.30 bits per heavy atom. The summed E-state index contributed by atoms with van der Waals surface area (Å²) < 4.78 is 5.18. The Hall–Kier alpha value is -2.04. The smallest absolute Gasteiger partial charge is 0.257 e. The van der Waals surface area contributed by atoms with Crippen molar-refractivity contribution >= 4 is 17.5 Å². The number of hydrogen-bond donors (Lipinski definition) is 0. The van der Waals surface area contributed by atoms with Gasteiger partial charge in [0.15, 0.2) is 0 Å². The first-order valence-electron chi connectivity index (χ1n) is 6.78. The SMILES string of the molecule is COc1ccc2c(c1)C(=O)N(C)C1(C)CCCC(=O)N21. The van der Waals surface area contributed by atoms with Gasteiger partial charge in [-0.2, -0.15) is 0 Å². The first-order chi connectivity index (χ1) is 9.49. The van der Waals surface area contributed by atoms with Crippen molar-refractivity contribution in [1.82, 2.24) is 4.90 Å². The Balaban J connectivity index is 2.21. The molecular formula is C15H18N2O3. The molecule has 2 amide bonds. The van der Waals surface area contributed by atoms with Gasteiger partial charge in [0.05, 0.1) is 18.4 Å². The van der Waals surface area contributed by atoms with E-state index in [2.05, 4.69) is 0 Å². The number of rotatable bonds is 1. The van der Waals surface area contributed by atoms with E-state index in [0.29, 0.717) is 23.4 Å². The van der Waals surface area contributed by atoms with E-state index in [0.717, 1.165) is 12.8 Å². The van der Waals surface area contributed by atoms with E-state index < -0.39 is 5.66 Å². The number of piperidine rings is 1. The molecule has 1 unspecified atom stereocenters. The first kappa shape index (κ1) is 13.0. The van der Waals surface area contributed by atoms with Gasteiger partial charge in [-0.05, 0) is 38.0 Å². The van der Waals surface area contributed by atoms with Crippen LogP contribution in [0.1, 0.15) is 36.5 Å². The molecule has 2 heterocycles. The zero-order valence-electron chi connectivity index (χ0n) is 12.0. The molecular weight excluding hydrogens is 256 g/mol. The van der Waals surface area contributed by atoms with Crippen LogP contribution >= 0.6 is 0 Å². The summed E-state index contributed by atoms with van der Waals surface area (Å²) in [5.74, 6) is 0.635. The van der Waals surface area contributed by atoms with E-state index in [1.165, 1.54) is 0 Å². The number of carbonyl (C=O) groups excluding carboxylic acids is 2. The Labute approximate surface area is 118 Å². The van der Waals surface area contributed by atoms with Gasteiger partial charge in [0.25, 0.3) is 5.91 Å². The second kappa shape index (κ2) is 4.23. The van der Waals surface area contributed by atoms with Crippen molar-refractivity contribution in [3.05, 3.63) is 23.8 Å². The van der Waals surface area contributed by atoms with Gasteiger partial charge in [-0.3, -0.25) is 14.5 Å². The van der Waals surface area contributed by atoms with E-state index in [9.17, 15) is 9.59 Å². The monoisotopic (exact) mass is 274 g/mol. The summed E-state index contributed by atoms with van der Waals surface area (Å²) in [6, 6.07) is 5.30. The number of anilines is 1. The molecule has 20 heavy (non-hydrogen) atoms. The van der Waals surface area contributed by atoms with Crippen molar-refractivity contribution in [2.45, 2.75) is 31.8 Å². The summed E-state index contributed by atoms with van der Waals surface area (Å²) in [6.07, 6.45) is 2.14. The van der Waals surface area contributed by atoms with Gasteiger partial charge >= 0.3 is 0 Å². The Morgan fingerprint density at radius 2 is 2.05 bits per heavy atom. The summed E-state index contributed by atoms with van der Waals surface area (Å²) in [6.45, 7) is 1.95. The van der Waals surface area contributed by atoms with Crippen LogP contribution in [-0.2, 0) is 4.79 Å². The third-order valence-electron chi connectivity index (χ3n) is 4.47. The van der Waals surface area contributed by atoms with E-state index >= 15 is 0 Å². The molecule has 5 heteroatoms. The Morgan fingerprint density at radius 3 is 2.75 bits per heavy atom. The quantitative estimate of drug-likeness (QED) is 0.787. The maximum absolute atomic E-state index is 12.6. The summed E-state index contributed by atoms with van der Waals surface area (Å²) in [7, 11) is 3.32. The second-order valence-corrected chi connectivity index (χ2v) is 5.55. The Kier molecular flexibility index (Phi) is 2.74. The highest BCUT2D eigenvalue weighted by Gasteiger charge is 2.49. The van der Waals surface area contributed by atoms with Crippen LogP contribution in [0.4, 0.5) is 5.69 Å². The number of hydrogen-bond acceptors (Lipinski definition) is 3. The van der Waals surface area contributed by atoms with Gasteiger partial charge in [-0.1, -0.05) is 0 Å². The summed E-state index contributed by atoms with van der Waals surface area (Å²) >= 11 is 0. The lowest BCUT2D eigenvalue weighted by Crippen LogP contribution is -2.66. The minimum atomic E-state index is -0.562. The zero-order chi connectivity index (χ0) is 14.5. The van der Waals surface area contributed by atoms with Crippen LogP contribution in [0, 0.1) is 0 Å². The molecule has 0 bridgehead atoms. The number of ether oxygens (including phenoxy) is 1. The highest BCUT2D eigenvalue weighted by Crippen LogP contribution is 2.43. The van der Waals surface area contributed by atoms with Crippen LogP contribution in [0.3, 0.4) is 0 Å². The maximum Gasteiger partial charge on any atom is 0.257 e. The van der Waals surface area contributed by atoms with Crippen molar-refractivity contribution in [3.8, 4) is 5.75 Å². The van der Waals surface area contributed by atoms with E-state index in [4.69, 9.17) is 4.74 Å². The lowest BCUT2D eigenvalue weighted by Gasteiger charge is -2.53. The van der Waals surface area contributed by atoms with Crippen LogP contribution in [-0.4, -0.2) is 36.5 Å². The van der Waals surface area contributed by atoms with Crippen molar-refractivity contribution in [2.75, 3.05) is 19.1 Å². The molecule has 0 spiro atoms. The van der Waals surface area contributed by atoms with Gasteiger partial charge in [0.2, 0.25) is 5.91 Å². The molecule has 0 aliphatic carbocycles. The zero-order valence-corrected chi connectivity index (χ0v) is 12.0. The lowest BCUT2D eigenvalue weighted by atomic mass is 9.89. The number of fused-ring (bicyclic) bond motifs is 3. The van der Waals surface area contributed by atoms with Crippen molar-refractivity contribution < 1.29 is 14.3 Å². The maximum atomic E-state index is 12.6. The summed E-state index contributed by atoms with van der Waals surface area (Å²) in [5.41, 5.74) is 0.661.